The third-order valence-corrected chi connectivity index (χ3v) is 3.65. The van der Waals surface area contributed by atoms with E-state index in [9.17, 15) is 4.79 Å². The molecule has 0 bridgehead atoms. The number of hydrogen-bond acceptors (Lipinski definition) is 4. The first-order valence-corrected chi connectivity index (χ1v) is 6.74. The minimum absolute atomic E-state index is 0. The fraction of sp³-hybridized carbons (Fsp3) is 0.643. The lowest BCUT2D eigenvalue weighted by Gasteiger charge is -2.34. The summed E-state index contributed by atoms with van der Waals surface area (Å²) in [7, 11) is 1.60. The molecule has 0 saturated carbocycles. The number of rotatable bonds is 4. The molecule has 0 radical (unpaired) electrons. The predicted molar refractivity (Wildman–Crippen MR) is 78.9 cm³/mol. The Morgan fingerprint density at radius 1 is 1.60 bits per heavy atom. The molecule has 1 aliphatic rings. The van der Waals surface area contributed by atoms with Crippen molar-refractivity contribution < 1.29 is 13.9 Å². The molecular formula is C14H23ClN2O3. The van der Waals surface area contributed by atoms with E-state index in [2.05, 4.69) is 0 Å². The Morgan fingerprint density at radius 2 is 2.35 bits per heavy atom. The molecule has 2 unspecified atom stereocenters. The second kappa shape index (κ2) is 7.67. The summed E-state index contributed by atoms with van der Waals surface area (Å²) in [6.07, 6.45) is 2.10. The Bertz CT molecular complexity index is 434. The van der Waals surface area contributed by atoms with Crippen LogP contribution in [0.5, 0.6) is 0 Å². The maximum Gasteiger partial charge on any atom is 0.289 e. The Labute approximate surface area is 125 Å². The molecular weight excluding hydrogens is 280 g/mol. The SMILES string of the molecule is COCc1ccc(C(=O)N2CCCC(C(C)N)C2)o1.Cl. The van der Waals surface area contributed by atoms with Gasteiger partial charge in [0.05, 0.1) is 0 Å². The van der Waals surface area contributed by atoms with Crippen molar-refractivity contribution >= 4 is 18.3 Å². The van der Waals surface area contributed by atoms with Crippen LogP contribution in [0.2, 0.25) is 0 Å². The van der Waals surface area contributed by atoms with E-state index in [1.807, 2.05) is 11.8 Å². The summed E-state index contributed by atoms with van der Waals surface area (Å²) in [4.78, 5) is 14.2. The van der Waals surface area contributed by atoms with Gasteiger partial charge in [0, 0.05) is 26.2 Å². The van der Waals surface area contributed by atoms with E-state index in [0.29, 0.717) is 24.0 Å². The Balaban J connectivity index is 0.00000200. The summed E-state index contributed by atoms with van der Waals surface area (Å²) in [6.45, 7) is 3.89. The normalized spacial score (nSPS) is 20.4. The fourth-order valence-electron chi connectivity index (χ4n) is 2.49. The first kappa shape index (κ1) is 17.0. The smallest absolute Gasteiger partial charge is 0.289 e. The number of ether oxygens (including phenoxy) is 1. The van der Waals surface area contributed by atoms with E-state index in [1.54, 1.807) is 19.2 Å². The van der Waals surface area contributed by atoms with Gasteiger partial charge in [-0.25, -0.2) is 0 Å². The van der Waals surface area contributed by atoms with Gasteiger partial charge in [-0.3, -0.25) is 4.79 Å². The number of halogens is 1. The van der Waals surface area contributed by atoms with Crippen molar-refractivity contribution in [3.63, 3.8) is 0 Å². The monoisotopic (exact) mass is 302 g/mol. The summed E-state index contributed by atoms with van der Waals surface area (Å²) in [5, 5.41) is 0. The molecule has 0 aliphatic carbocycles. The summed E-state index contributed by atoms with van der Waals surface area (Å²) >= 11 is 0. The molecule has 1 fully saturated rings. The molecule has 2 heterocycles. The van der Waals surface area contributed by atoms with Crippen molar-refractivity contribution in [3.05, 3.63) is 23.7 Å². The molecule has 2 rings (SSSR count). The van der Waals surface area contributed by atoms with Gasteiger partial charge in [0.2, 0.25) is 0 Å². The van der Waals surface area contributed by atoms with E-state index >= 15 is 0 Å². The maximum absolute atomic E-state index is 12.3. The zero-order valence-electron chi connectivity index (χ0n) is 12.0. The molecule has 2 N–H and O–H groups in total. The van der Waals surface area contributed by atoms with Crippen LogP contribution in [0, 0.1) is 5.92 Å². The van der Waals surface area contributed by atoms with Gasteiger partial charge in [-0.15, -0.1) is 12.4 Å². The molecule has 6 heteroatoms. The molecule has 5 nitrogen and oxygen atoms in total. The van der Waals surface area contributed by atoms with Crippen LogP contribution in [0.3, 0.4) is 0 Å². The van der Waals surface area contributed by atoms with Crippen LogP contribution in [0.1, 0.15) is 36.1 Å². The Kier molecular flexibility index (Phi) is 6.52. The van der Waals surface area contributed by atoms with Gasteiger partial charge in [-0.2, -0.15) is 0 Å². The van der Waals surface area contributed by atoms with Crippen molar-refractivity contribution in [1.82, 2.24) is 4.90 Å². The van der Waals surface area contributed by atoms with Crippen molar-refractivity contribution in [2.75, 3.05) is 20.2 Å². The molecule has 20 heavy (non-hydrogen) atoms. The van der Waals surface area contributed by atoms with Crippen LogP contribution in [-0.2, 0) is 11.3 Å². The average molecular weight is 303 g/mol. The third kappa shape index (κ3) is 3.98. The lowest BCUT2D eigenvalue weighted by Crippen LogP contribution is -2.44. The van der Waals surface area contributed by atoms with Crippen LogP contribution in [0.15, 0.2) is 16.5 Å². The number of methoxy groups -OCH3 is 1. The number of carbonyl (C=O) groups is 1. The number of carbonyl (C=O) groups excluding carboxylic acids is 1. The molecule has 2 atom stereocenters. The van der Waals surface area contributed by atoms with Crippen LogP contribution < -0.4 is 5.73 Å². The standard InChI is InChI=1S/C14H22N2O3.ClH/c1-10(15)11-4-3-7-16(8-11)14(17)13-6-5-12(19-13)9-18-2;/h5-6,10-11H,3-4,7-9,15H2,1-2H3;1H. The highest BCUT2D eigenvalue weighted by Gasteiger charge is 2.27. The average Bonchev–Trinajstić information content (AvgIpc) is 2.87. The van der Waals surface area contributed by atoms with Crippen molar-refractivity contribution in [1.29, 1.82) is 0 Å². The number of amides is 1. The second-order valence-electron chi connectivity index (χ2n) is 5.21. The number of hydrogen-bond donors (Lipinski definition) is 1. The van der Waals surface area contributed by atoms with Gasteiger partial charge in [0.25, 0.3) is 5.91 Å². The summed E-state index contributed by atoms with van der Waals surface area (Å²) in [6, 6.07) is 3.62. The first-order chi connectivity index (χ1) is 9.11. The number of furan rings is 1. The van der Waals surface area contributed by atoms with E-state index < -0.39 is 0 Å². The Hall–Kier alpha value is -1.04. The Morgan fingerprint density at radius 3 is 3.00 bits per heavy atom. The third-order valence-electron chi connectivity index (χ3n) is 3.65. The topological polar surface area (TPSA) is 68.7 Å². The molecule has 0 spiro atoms. The van der Waals surface area contributed by atoms with E-state index in [-0.39, 0.29) is 24.4 Å². The second-order valence-corrected chi connectivity index (χ2v) is 5.21. The quantitative estimate of drug-likeness (QED) is 0.924. The van der Waals surface area contributed by atoms with Crippen molar-refractivity contribution in [2.24, 2.45) is 11.7 Å². The number of likely N-dealkylation sites (tertiary alicyclic amines) is 1. The number of nitrogens with two attached hydrogens (primary N) is 1. The summed E-state index contributed by atoms with van der Waals surface area (Å²) in [5.41, 5.74) is 5.93. The van der Waals surface area contributed by atoms with E-state index in [4.69, 9.17) is 14.9 Å². The van der Waals surface area contributed by atoms with Gasteiger partial charge < -0.3 is 19.8 Å². The lowest BCUT2D eigenvalue weighted by molar-refractivity contribution is 0.0622. The van der Waals surface area contributed by atoms with E-state index in [1.165, 1.54) is 0 Å². The molecule has 0 aromatic carbocycles. The fourth-order valence-corrected chi connectivity index (χ4v) is 2.49. The van der Waals surface area contributed by atoms with Crippen LogP contribution >= 0.6 is 12.4 Å². The first-order valence-electron chi connectivity index (χ1n) is 6.74. The maximum atomic E-state index is 12.3. The largest absolute Gasteiger partial charge is 0.453 e. The zero-order valence-corrected chi connectivity index (χ0v) is 12.8. The zero-order chi connectivity index (χ0) is 13.8. The molecule has 1 amide bonds. The van der Waals surface area contributed by atoms with Gasteiger partial charge in [0.15, 0.2) is 5.76 Å². The number of nitrogens with zero attached hydrogens (tertiary/aromatic N) is 1. The molecule has 1 saturated heterocycles. The van der Waals surface area contributed by atoms with Crippen molar-refractivity contribution in [2.45, 2.75) is 32.4 Å². The van der Waals surface area contributed by atoms with Crippen LogP contribution in [0.25, 0.3) is 0 Å². The highest BCUT2D eigenvalue weighted by molar-refractivity contribution is 5.91. The molecule has 1 aromatic rings. The summed E-state index contributed by atoms with van der Waals surface area (Å²) in [5.74, 6) is 1.39. The van der Waals surface area contributed by atoms with Gasteiger partial charge in [-0.1, -0.05) is 0 Å². The predicted octanol–water partition coefficient (Wildman–Crippen LogP) is 2.05. The molecule has 1 aromatic heterocycles. The highest BCUT2D eigenvalue weighted by atomic mass is 35.5. The van der Waals surface area contributed by atoms with Crippen LogP contribution in [-0.4, -0.2) is 37.0 Å². The minimum Gasteiger partial charge on any atom is -0.453 e. The van der Waals surface area contributed by atoms with Crippen LogP contribution in [0.4, 0.5) is 0 Å². The lowest BCUT2D eigenvalue weighted by atomic mass is 9.92. The van der Waals surface area contributed by atoms with Gasteiger partial charge in [0.1, 0.15) is 12.4 Å². The van der Waals surface area contributed by atoms with Gasteiger partial charge >= 0.3 is 0 Å². The van der Waals surface area contributed by atoms with Gasteiger partial charge in [-0.05, 0) is 37.8 Å². The minimum atomic E-state index is -0.0484. The van der Waals surface area contributed by atoms with E-state index in [0.717, 1.165) is 25.9 Å². The summed E-state index contributed by atoms with van der Waals surface area (Å²) < 4.78 is 10.5. The molecule has 114 valence electrons. The molecule has 1 aliphatic heterocycles. The highest BCUT2D eigenvalue weighted by Crippen LogP contribution is 2.21. The van der Waals surface area contributed by atoms with Crippen molar-refractivity contribution in [3.8, 4) is 0 Å². The number of piperidine rings is 1.